The number of nitrogens with one attached hydrogen (secondary N) is 2. The third kappa shape index (κ3) is 5.91. The molecule has 3 aliphatic carbocycles. The predicted octanol–water partition coefficient (Wildman–Crippen LogP) is 4.17. The van der Waals surface area contributed by atoms with Gasteiger partial charge in [0.05, 0.1) is 29.3 Å². The predicted molar refractivity (Wildman–Crippen MR) is 144 cm³/mol. The average molecular weight is 564 g/mol. The van der Waals surface area contributed by atoms with Crippen molar-refractivity contribution in [2.45, 2.75) is 69.8 Å². The van der Waals surface area contributed by atoms with Crippen LogP contribution in [0, 0.1) is 11.3 Å². The maximum Gasteiger partial charge on any atom is 0.258 e. The summed E-state index contributed by atoms with van der Waals surface area (Å²) >= 11 is 0. The molecule has 1 aromatic carbocycles. The number of anilines is 3. The number of aliphatic hydroxyl groups is 1. The summed E-state index contributed by atoms with van der Waals surface area (Å²) in [6.07, 6.45) is 6.32. The lowest BCUT2D eigenvalue weighted by molar-refractivity contribution is -0.114. The van der Waals surface area contributed by atoms with Gasteiger partial charge in [-0.25, -0.2) is 17.2 Å². The Hall–Kier alpha value is -2.73. The lowest BCUT2D eigenvalue weighted by Gasteiger charge is -2.35. The summed E-state index contributed by atoms with van der Waals surface area (Å²) in [7, 11) is -3.72. The zero-order valence-corrected chi connectivity index (χ0v) is 22.7. The van der Waals surface area contributed by atoms with E-state index in [-0.39, 0.29) is 24.7 Å². The first-order valence-corrected chi connectivity index (χ1v) is 15.5. The third-order valence-corrected chi connectivity index (χ3v) is 9.92. The second-order valence-corrected chi connectivity index (χ2v) is 13.7. The molecule has 0 unspecified atom stereocenters. The molecule has 2 heterocycles. The number of aromatic nitrogens is 2. The minimum atomic E-state index is -3.72. The number of carbonyl (C=O) groups excluding carboxylic acids is 1. The van der Waals surface area contributed by atoms with Gasteiger partial charge < -0.3 is 15.3 Å². The lowest BCUT2D eigenvalue weighted by Crippen LogP contribution is -2.38. The molecule has 0 radical (unpaired) electrons. The molecule has 39 heavy (non-hydrogen) atoms. The average Bonchev–Trinajstić information content (AvgIpc) is 3.78. The minimum absolute atomic E-state index is 0.122. The van der Waals surface area contributed by atoms with Gasteiger partial charge in [0, 0.05) is 50.2 Å². The number of sulfonamides is 1. The fourth-order valence-corrected chi connectivity index (χ4v) is 6.82. The molecule has 3 N–H and O–H groups in total. The smallest absolute Gasteiger partial charge is 0.258 e. The normalized spacial score (nSPS) is 22.0. The Kier molecular flexibility index (Phi) is 6.60. The van der Waals surface area contributed by atoms with Gasteiger partial charge in [0.15, 0.2) is 5.82 Å². The highest BCUT2D eigenvalue weighted by Crippen LogP contribution is 2.54. The van der Waals surface area contributed by atoms with Crippen LogP contribution in [0.4, 0.5) is 26.0 Å². The highest BCUT2D eigenvalue weighted by atomic mass is 32.2. The van der Waals surface area contributed by atoms with E-state index >= 15 is 0 Å². The van der Waals surface area contributed by atoms with Crippen LogP contribution in [0.25, 0.3) is 0 Å². The van der Waals surface area contributed by atoms with Crippen LogP contribution >= 0.6 is 0 Å². The largest absolute Gasteiger partial charge is 0.395 e. The van der Waals surface area contributed by atoms with E-state index in [2.05, 4.69) is 20.0 Å². The summed E-state index contributed by atoms with van der Waals surface area (Å²) in [6.45, 7) is 1.48. The summed E-state index contributed by atoms with van der Waals surface area (Å²) in [6, 6.07) is 6.68. The Labute approximate surface area is 227 Å². The van der Waals surface area contributed by atoms with Crippen molar-refractivity contribution in [3.05, 3.63) is 35.5 Å². The van der Waals surface area contributed by atoms with Crippen LogP contribution < -0.4 is 14.9 Å². The van der Waals surface area contributed by atoms with Crippen LogP contribution in [0.5, 0.6) is 0 Å². The number of benzene rings is 1. The zero-order valence-electron chi connectivity index (χ0n) is 21.8. The van der Waals surface area contributed by atoms with Crippen LogP contribution in [0.15, 0.2) is 24.3 Å². The van der Waals surface area contributed by atoms with Gasteiger partial charge in [-0.1, -0.05) is 0 Å². The summed E-state index contributed by atoms with van der Waals surface area (Å²) in [4.78, 5) is 15.7. The van der Waals surface area contributed by atoms with Crippen LogP contribution in [-0.4, -0.2) is 60.6 Å². The highest BCUT2D eigenvalue weighted by Gasteiger charge is 2.46. The highest BCUT2D eigenvalue weighted by molar-refractivity contribution is 7.92. The van der Waals surface area contributed by atoms with Crippen molar-refractivity contribution < 1.29 is 27.1 Å². The zero-order chi connectivity index (χ0) is 27.4. The van der Waals surface area contributed by atoms with Crippen molar-refractivity contribution in [3.63, 3.8) is 0 Å². The molecule has 1 amide bonds. The fraction of sp³-hybridized carbons (Fsp3) is 0.630. The Balaban J connectivity index is 1.23. The number of halogens is 2. The molecule has 0 atom stereocenters. The number of nitrogens with zero attached hydrogens (tertiary/aromatic N) is 3. The van der Waals surface area contributed by atoms with Crippen LogP contribution in [-0.2, 0) is 16.6 Å². The molecule has 1 saturated heterocycles. The number of hydrogen-bond acceptors (Lipinski definition) is 6. The van der Waals surface area contributed by atoms with Crippen molar-refractivity contribution in [1.29, 1.82) is 0 Å². The van der Waals surface area contributed by atoms with E-state index in [1.165, 1.54) is 12.8 Å². The Morgan fingerprint density at radius 1 is 1.10 bits per heavy atom. The number of carbonyl (C=O) groups is 1. The van der Waals surface area contributed by atoms with Gasteiger partial charge in [0.25, 0.3) is 5.91 Å². The molecular formula is C27H35F2N5O4S. The van der Waals surface area contributed by atoms with Gasteiger partial charge in [-0.3, -0.25) is 14.2 Å². The number of rotatable bonds is 10. The summed E-state index contributed by atoms with van der Waals surface area (Å²) in [5.74, 6) is -2.75. The Morgan fingerprint density at radius 2 is 1.82 bits per heavy atom. The first-order chi connectivity index (χ1) is 18.5. The molecule has 2 aromatic rings. The number of hydrogen-bond donors (Lipinski definition) is 3. The van der Waals surface area contributed by atoms with Crippen molar-refractivity contribution >= 4 is 33.1 Å². The second kappa shape index (κ2) is 9.72. The quantitative estimate of drug-likeness (QED) is 0.400. The first-order valence-electron chi connectivity index (χ1n) is 13.8. The molecule has 3 saturated carbocycles. The van der Waals surface area contributed by atoms with E-state index in [4.69, 9.17) is 5.11 Å². The topological polar surface area (TPSA) is 117 Å². The molecule has 4 fully saturated rings. The van der Waals surface area contributed by atoms with E-state index in [0.717, 1.165) is 44.5 Å². The van der Waals surface area contributed by atoms with Crippen molar-refractivity contribution in [2.24, 2.45) is 11.3 Å². The SMILES string of the molecule is O=C(Nc1cc(C2CC2)n(CC2CC(F)(F)C2)n1)c1ccc(NS(=O)(=O)CCO)cc1N1CCC2(CC1)CC2. The van der Waals surface area contributed by atoms with Crippen LogP contribution in [0.1, 0.15) is 73.3 Å². The number of aliphatic hydroxyl groups excluding tert-OH is 1. The van der Waals surface area contributed by atoms with E-state index in [1.807, 2.05) is 6.07 Å². The first kappa shape index (κ1) is 26.5. The third-order valence-electron chi connectivity index (χ3n) is 8.65. The molecule has 212 valence electrons. The molecule has 12 heteroatoms. The van der Waals surface area contributed by atoms with E-state index < -0.39 is 28.3 Å². The molecule has 9 nitrogen and oxygen atoms in total. The lowest BCUT2D eigenvalue weighted by atomic mass is 9.81. The summed E-state index contributed by atoms with van der Waals surface area (Å²) < 4.78 is 55.6. The molecular weight excluding hydrogens is 528 g/mol. The second-order valence-electron chi connectivity index (χ2n) is 11.9. The minimum Gasteiger partial charge on any atom is -0.395 e. The van der Waals surface area contributed by atoms with Crippen molar-refractivity contribution in [2.75, 3.05) is 40.4 Å². The number of piperidine rings is 1. The number of alkyl halides is 2. The van der Waals surface area contributed by atoms with E-state index in [0.29, 0.717) is 40.6 Å². The summed E-state index contributed by atoms with van der Waals surface area (Å²) in [5, 5.41) is 16.6. The van der Waals surface area contributed by atoms with Crippen molar-refractivity contribution in [1.82, 2.24) is 9.78 Å². The van der Waals surface area contributed by atoms with E-state index in [1.54, 1.807) is 22.9 Å². The number of amides is 1. The van der Waals surface area contributed by atoms with Gasteiger partial charge in [0.2, 0.25) is 15.9 Å². The van der Waals surface area contributed by atoms with E-state index in [9.17, 15) is 22.0 Å². The molecule has 6 rings (SSSR count). The maximum absolute atomic E-state index is 13.5. The molecule has 4 aliphatic rings. The van der Waals surface area contributed by atoms with Crippen molar-refractivity contribution in [3.8, 4) is 0 Å². The monoisotopic (exact) mass is 563 g/mol. The van der Waals surface area contributed by atoms with Gasteiger partial charge in [0.1, 0.15) is 0 Å². The maximum atomic E-state index is 13.5. The van der Waals surface area contributed by atoms with Gasteiger partial charge in [-0.2, -0.15) is 5.10 Å². The Bertz CT molecular complexity index is 1350. The standard InChI is InChI=1S/C27H35F2N5O4S/c28-27(29)15-18(16-27)17-34-22(19-1-2-19)14-24(31-34)30-25(36)21-4-3-20(32-39(37,38)12-11-35)13-23(21)33-9-7-26(5-6-26)8-10-33/h3-4,13-14,18-19,32,35H,1-2,5-12,15-17H2,(H,30,31,36). The molecule has 1 aliphatic heterocycles. The van der Waals surface area contributed by atoms with Gasteiger partial charge in [-0.15, -0.1) is 0 Å². The fourth-order valence-electron chi connectivity index (χ4n) is 5.99. The molecule has 0 bridgehead atoms. The van der Waals surface area contributed by atoms with Crippen LogP contribution in [0.2, 0.25) is 0 Å². The molecule has 1 spiro atoms. The molecule has 1 aromatic heterocycles. The van der Waals surface area contributed by atoms with Gasteiger partial charge >= 0.3 is 0 Å². The Morgan fingerprint density at radius 3 is 2.44 bits per heavy atom. The van der Waals surface area contributed by atoms with Gasteiger partial charge in [-0.05, 0) is 68.1 Å². The van der Waals surface area contributed by atoms with Crippen LogP contribution in [0.3, 0.4) is 0 Å². The summed E-state index contributed by atoms with van der Waals surface area (Å²) in [5.41, 5.74) is 2.79.